The van der Waals surface area contributed by atoms with Crippen LogP contribution in [0.15, 0.2) is 25.6 Å². The molecule has 2 nitrogen and oxygen atoms in total. The Kier molecular flexibility index (Phi) is 3.65. The van der Waals surface area contributed by atoms with Crippen LogP contribution in [0.25, 0.3) is 5.53 Å². The normalized spacial score (nSPS) is 9.25. The van der Waals surface area contributed by atoms with Crippen LogP contribution in [-0.2, 0) is 0 Å². The Morgan fingerprint density at radius 1 is 1.17 bits per heavy atom. The van der Waals surface area contributed by atoms with Gasteiger partial charge in [-0.05, 0) is 44.0 Å². The van der Waals surface area contributed by atoms with Crippen LogP contribution < -0.4 is 0 Å². The maximum absolute atomic E-state index is 8.35. The Balaban J connectivity index is 3.37. The highest BCUT2D eigenvalue weighted by molar-refractivity contribution is 9.11. The smallest absolute Gasteiger partial charge is 0.290 e. The average molecular weight is 355 g/mol. The Labute approximate surface area is 95.0 Å². The van der Waals surface area contributed by atoms with E-state index < -0.39 is 0 Å². The first-order chi connectivity index (χ1) is 5.65. The zero-order valence-electron chi connectivity index (χ0n) is 5.76. The standard InChI is InChI=1S/C7H3Br3N2/c8-4-1-6(9)5(3-12-11)7(10)2-4/h1-3H. The number of nitrogens with zero attached hydrogens (tertiary/aromatic N) is 2. The molecule has 1 aromatic rings. The van der Waals surface area contributed by atoms with E-state index in [1.807, 2.05) is 12.1 Å². The lowest BCUT2D eigenvalue weighted by Gasteiger charge is -1.98. The van der Waals surface area contributed by atoms with Crippen molar-refractivity contribution in [3.63, 3.8) is 0 Å². The molecule has 1 rings (SSSR count). The molecule has 0 aliphatic heterocycles. The first kappa shape index (κ1) is 10.1. The van der Waals surface area contributed by atoms with Gasteiger partial charge in [0.1, 0.15) is 0 Å². The van der Waals surface area contributed by atoms with E-state index in [0.29, 0.717) is 0 Å². The van der Waals surface area contributed by atoms with Gasteiger partial charge >= 0.3 is 0 Å². The number of rotatable bonds is 1. The van der Waals surface area contributed by atoms with Gasteiger partial charge in [0.15, 0.2) is 0 Å². The minimum absolute atomic E-state index is 0.806. The van der Waals surface area contributed by atoms with Crippen molar-refractivity contribution in [3.05, 3.63) is 36.6 Å². The summed E-state index contributed by atoms with van der Waals surface area (Å²) < 4.78 is 2.68. The Morgan fingerprint density at radius 3 is 2.08 bits per heavy atom. The van der Waals surface area contributed by atoms with E-state index in [4.69, 9.17) is 5.53 Å². The highest BCUT2D eigenvalue weighted by atomic mass is 79.9. The predicted octanol–water partition coefficient (Wildman–Crippen LogP) is 3.62. The molecule has 0 radical (unpaired) electrons. The molecule has 0 aromatic heterocycles. The van der Waals surface area contributed by atoms with Gasteiger partial charge in [-0.25, -0.2) is 0 Å². The van der Waals surface area contributed by atoms with Crippen molar-refractivity contribution in [2.24, 2.45) is 0 Å². The summed E-state index contributed by atoms with van der Waals surface area (Å²) in [5, 5.41) is 0. The van der Waals surface area contributed by atoms with Gasteiger partial charge in [-0.3, -0.25) is 0 Å². The van der Waals surface area contributed by atoms with Crippen LogP contribution in [0, 0.1) is 0 Å². The van der Waals surface area contributed by atoms with Gasteiger partial charge in [0.2, 0.25) is 0 Å². The zero-order chi connectivity index (χ0) is 9.14. The van der Waals surface area contributed by atoms with Crippen LogP contribution in [-0.4, -0.2) is 11.0 Å². The number of hydrogen-bond donors (Lipinski definition) is 0. The highest BCUT2D eigenvalue weighted by Crippen LogP contribution is 2.28. The monoisotopic (exact) mass is 352 g/mol. The molecule has 0 aliphatic carbocycles. The Hall–Kier alpha value is 0.0400. The average Bonchev–Trinajstić information content (AvgIpc) is 1.96. The van der Waals surface area contributed by atoms with Crippen LogP contribution >= 0.6 is 47.8 Å². The number of hydrogen-bond acceptors (Lipinski definition) is 0. The Morgan fingerprint density at radius 2 is 1.67 bits per heavy atom. The number of benzene rings is 1. The van der Waals surface area contributed by atoms with Gasteiger partial charge in [0.25, 0.3) is 6.21 Å². The molecule has 62 valence electrons. The molecular formula is C7H3Br3N2. The fourth-order valence-electron chi connectivity index (χ4n) is 0.734. The molecule has 0 saturated heterocycles. The van der Waals surface area contributed by atoms with Crippen molar-refractivity contribution in [1.82, 2.24) is 0 Å². The quantitative estimate of drug-likeness (QED) is 0.419. The summed E-state index contributed by atoms with van der Waals surface area (Å²) in [6.07, 6.45) is 1.36. The molecule has 0 amide bonds. The second kappa shape index (κ2) is 4.33. The first-order valence-electron chi connectivity index (χ1n) is 2.97. The van der Waals surface area contributed by atoms with Crippen LogP contribution in [0.4, 0.5) is 0 Å². The van der Waals surface area contributed by atoms with Gasteiger partial charge in [-0.1, -0.05) is 15.9 Å². The predicted molar refractivity (Wildman–Crippen MR) is 58.3 cm³/mol. The van der Waals surface area contributed by atoms with Crippen LogP contribution in [0.2, 0.25) is 0 Å². The van der Waals surface area contributed by atoms with Crippen molar-refractivity contribution in [3.8, 4) is 0 Å². The van der Waals surface area contributed by atoms with Gasteiger partial charge in [0, 0.05) is 13.4 Å². The van der Waals surface area contributed by atoms with Crippen LogP contribution in [0.1, 0.15) is 5.56 Å². The lowest BCUT2D eigenvalue weighted by atomic mass is 10.2. The molecule has 0 bridgehead atoms. The maximum Gasteiger partial charge on any atom is 0.290 e. The molecule has 12 heavy (non-hydrogen) atoms. The third-order valence-electron chi connectivity index (χ3n) is 1.23. The first-order valence-corrected chi connectivity index (χ1v) is 5.35. The van der Waals surface area contributed by atoms with Gasteiger partial charge in [-0.15, -0.1) is 0 Å². The van der Waals surface area contributed by atoms with E-state index >= 15 is 0 Å². The van der Waals surface area contributed by atoms with E-state index in [1.54, 1.807) is 0 Å². The summed E-state index contributed by atoms with van der Waals surface area (Å²) >= 11 is 10.0. The summed E-state index contributed by atoms with van der Waals surface area (Å²) in [5.41, 5.74) is 9.16. The van der Waals surface area contributed by atoms with Crippen LogP contribution in [0.5, 0.6) is 0 Å². The fraction of sp³-hybridized carbons (Fsp3) is 0. The molecule has 0 N–H and O–H groups in total. The molecule has 5 heteroatoms. The lowest BCUT2D eigenvalue weighted by Crippen LogP contribution is -1.86. The minimum Gasteiger partial charge on any atom is -0.361 e. The summed E-state index contributed by atoms with van der Waals surface area (Å²) in [4.78, 5) is 2.96. The van der Waals surface area contributed by atoms with Gasteiger partial charge in [0.05, 0.1) is 5.56 Å². The molecule has 0 spiro atoms. The minimum atomic E-state index is 0.806. The third kappa shape index (κ3) is 2.26. The molecule has 0 heterocycles. The molecule has 0 atom stereocenters. The van der Waals surface area contributed by atoms with Crippen LogP contribution in [0.3, 0.4) is 0 Å². The second-order valence-corrected chi connectivity index (χ2v) is 4.65. The van der Waals surface area contributed by atoms with E-state index in [1.165, 1.54) is 6.21 Å². The van der Waals surface area contributed by atoms with Crippen molar-refractivity contribution in [2.45, 2.75) is 0 Å². The SMILES string of the molecule is [N-]=[N+]=Cc1c(Br)cc(Br)cc1Br. The fourth-order valence-corrected chi connectivity index (χ4v) is 3.20. The molecule has 0 fully saturated rings. The molecule has 0 unspecified atom stereocenters. The van der Waals surface area contributed by atoms with Crippen molar-refractivity contribution in [1.29, 1.82) is 0 Å². The van der Waals surface area contributed by atoms with Gasteiger partial charge < -0.3 is 5.53 Å². The maximum atomic E-state index is 8.35. The van der Waals surface area contributed by atoms with E-state index in [-0.39, 0.29) is 0 Å². The molecular weight excluding hydrogens is 352 g/mol. The van der Waals surface area contributed by atoms with E-state index in [2.05, 4.69) is 52.6 Å². The largest absolute Gasteiger partial charge is 0.361 e. The summed E-state index contributed by atoms with van der Waals surface area (Å²) in [5.74, 6) is 0. The summed E-state index contributed by atoms with van der Waals surface area (Å²) in [6, 6.07) is 3.75. The third-order valence-corrected chi connectivity index (χ3v) is 3.00. The number of halogens is 3. The van der Waals surface area contributed by atoms with Crippen molar-refractivity contribution >= 4 is 54.0 Å². The van der Waals surface area contributed by atoms with Gasteiger partial charge in [-0.2, -0.15) is 4.79 Å². The van der Waals surface area contributed by atoms with Crippen molar-refractivity contribution < 1.29 is 4.79 Å². The summed E-state index contributed by atoms with van der Waals surface area (Å²) in [7, 11) is 0. The van der Waals surface area contributed by atoms with Crippen molar-refractivity contribution in [2.75, 3.05) is 0 Å². The topological polar surface area (TPSA) is 36.4 Å². The van der Waals surface area contributed by atoms with E-state index in [0.717, 1.165) is 19.0 Å². The van der Waals surface area contributed by atoms with E-state index in [9.17, 15) is 0 Å². The highest BCUT2D eigenvalue weighted by Gasteiger charge is 2.06. The molecule has 0 saturated carbocycles. The zero-order valence-corrected chi connectivity index (χ0v) is 10.5. The lowest BCUT2D eigenvalue weighted by molar-refractivity contribution is 0.00447. The summed E-state index contributed by atoms with van der Waals surface area (Å²) in [6.45, 7) is 0. The Bertz CT molecular complexity index is 333. The molecule has 0 aliphatic rings. The molecule has 1 aromatic carbocycles. The second-order valence-electron chi connectivity index (χ2n) is 2.03.